The highest BCUT2D eigenvalue weighted by molar-refractivity contribution is 7.91. The highest BCUT2D eigenvalue weighted by atomic mass is 32.2. The number of rotatable bonds is 4. The molecule has 0 amide bonds. The first-order valence-corrected chi connectivity index (χ1v) is 11.9. The molecule has 0 aliphatic carbocycles. The predicted molar refractivity (Wildman–Crippen MR) is 119 cm³/mol. The van der Waals surface area contributed by atoms with E-state index in [0.29, 0.717) is 11.3 Å². The van der Waals surface area contributed by atoms with Gasteiger partial charge in [0.2, 0.25) is 0 Å². The molecule has 8 nitrogen and oxygen atoms in total. The Kier molecular flexibility index (Phi) is 5.13. The van der Waals surface area contributed by atoms with Crippen molar-refractivity contribution in [3.8, 4) is 22.6 Å². The fourth-order valence-corrected chi connectivity index (χ4v) is 4.76. The third-order valence-electron chi connectivity index (χ3n) is 5.58. The summed E-state index contributed by atoms with van der Waals surface area (Å²) in [5.41, 5.74) is 0.295. The van der Waals surface area contributed by atoms with Gasteiger partial charge in [-0.2, -0.15) is 18.3 Å². The number of imidazole rings is 1. The van der Waals surface area contributed by atoms with Crippen LogP contribution < -0.4 is 0 Å². The summed E-state index contributed by atoms with van der Waals surface area (Å²) in [4.78, 5) is 12.1. The minimum absolute atomic E-state index is 0.0151. The summed E-state index contributed by atoms with van der Waals surface area (Å²) in [5, 5.41) is 4.01. The Morgan fingerprint density at radius 1 is 1.06 bits per heavy atom. The van der Waals surface area contributed by atoms with Crippen LogP contribution in [0.5, 0.6) is 0 Å². The van der Waals surface area contributed by atoms with E-state index in [1.807, 2.05) is 0 Å². The van der Waals surface area contributed by atoms with E-state index < -0.39 is 27.5 Å². The number of alkyl halides is 3. The largest absolute Gasteiger partial charge is 0.433 e. The molecule has 0 bridgehead atoms. The van der Waals surface area contributed by atoms with Crippen LogP contribution in [0.3, 0.4) is 0 Å². The second-order valence-electron chi connectivity index (χ2n) is 7.71. The van der Waals surface area contributed by atoms with Gasteiger partial charge in [0, 0.05) is 18.8 Å². The van der Waals surface area contributed by atoms with Crippen LogP contribution in [-0.4, -0.2) is 43.3 Å². The quantitative estimate of drug-likeness (QED) is 0.339. The summed E-state index contributed by atoms with van der Waals surface area (Å²) in [6.07, 6.45) is -2.20. The van der Waals surface area contributed by atoms with Gasteiger partial charge in [-0.25, -0.2) is 32.3 Å². The molecule has 35 heavy (non-hydrogen) atoms. The Morgan fingerprint density at radius 2 is 1.77 bits per heavy atom. The maximum atomic E-state index is 13.5. The van der Waals surface area contributed by atoms with Crippen molar-refractivity contribution in [2.45, 2.75) is 18.1 Å². The number of hydrogen-bond donors (Lipinski definition) is 0. The second kappa shape index (κ2) is 7.83. The fourth-order valence-electron chi connectivity index (χ4n) is 3.78. The van der Waals surface area contributed by atoms with E-state index in [-0.39, 0.29) is 38.8 Å². The van der Waals surface area contributed by atoms with Gasteiger partial charge in [-0.3, -0.25) is 0 Å². The van der Waals surface area contributed by atoms with Gasteiger partial charge >= 0.3 is 6.18 Å². The van der Waals surface area contributed by atoms with Gasteiger partial charge < -0.3 is 4.57 Å². The van der Waals surface area contributed by atoms with Crippen LogP contribution in [0.25, 0.3) is 39.3 Å². The zero-order valence-electron chi connectivity index (χ0n) is 18.2. The first kappa shape index (κ1) is 22.9. The van der Waals surface area contributed by atoms with E-state index in [9.17, 15) is 26.0 Å². The maximum Gasteiger partial charge on any atom is 0.433 e. The average Bonchev–Trinajstić information content (AvgIpc) is 3.37. The number of nitrogens with zero attached hydrogens (tertiary/aromatic N) is 6. The number of halogens is 4. The molecular formula is C22H16F4N6O2S. The zero-order valence-corrected chi connectivity index (χ0v) is 19.1. The van der Waals surface area contributed by atoms with Crippen molar-refractivity contribution in [3.05, 3.63) is 60.3 Å². The number of hydrogen-bond acceptors (Lipinski definition) is 6. The lowest BCUT2D eigenvalue weighted by Crippen LogP contribution is -2.07. The molecule has 1 aromatic carbocycles. The second-order valence-corrected chi connectivity index (χ2v) is 9.90. The Morgan fingerprint density at radius 3 is 2.43 bits per heavy atom. The summed E-state index contributed by atoms with van der Waals surface area (Å²) < 4.78 is 81.8. The van der Waals surface area contributed by atoms with Crippen molar-refractivity contribution in [3.63, 3.8) is 0 Å². The van der Waals surface area contributed by atoms with Crippen LogP contribution >= 0.6 is 0 Å². The van der Waals surface area contributed by atoms with E-state index in [4.69, 9.17) is 0 Å². The number of benzene rings is 1. The molecule has 0 fully saturated rings. The van der Waals surface area contributed by atoms with E-state index in [1.165, 1.54) is 53.5 Å². The summed E-state index contributed by atoms with van der Waals surface area (Å²) in [6, 6.07) is 7.93. The standard InChI is InChI=1S/C22H16F4N6O2S/c1-3-35(33,34)21-18(20-29-14-10-17(22(24,25)26)28-11-16(14)31(20)2)19-27-9-8-15(32(19)30-21)12-4-6-13(23)7-5-12/h4-11H,3H2,1-2H3. The molecule has 0 aliphatic rings. The third-order valence-corrected chi connectivity index (χ3v) is 7.22. The third kappa shape index (κ3) is 3.71. The molecule has 4 heterocycles. The Hall–Kier alpha value is -3.87. The molecule has 0 aliphatic heterocycles. The summed E-state index contributed by atoms with van der Waals surface area (Å²) in [7, 11) is -2.37. The molecule has 0 saturated carbocycles. The topological polar surface area (TPSA) is 95.0 Å². The lowest BCUT2D eigenvalue weighted by atomic mass is 10.1. The smallest absolute Gasteiger partial charge is 0.326 e. The molecule has 0 radical (unpaired) electrons. The maximum absolute atomic E-state index is 13.5. The highest BCUT2D eigenvalue weighted by Crippen LogP contribution is 2.35. The van der Waals surface area contributed by atoms with E-state index in [1.54, 1.807) is 6.07 Å². The molecule has 13 heteroatoms. The number of pyridine rings is 1. The monoisotopic (exact) mass is 504 g/mol. The van der Waals surface area contributed by atoms with Crippen molar-refractivity contribution in [2.24, 2.45) is 7.05 Å². The van der Waals surface area contributed by atoms with Crippen molar-refractivity contribution in [1.29, 1.82) is 0 Å². The number of aromatic nitrogens is 6. The number of sulfone groups is 1. The fraction of sp³-hybridized carbons (Fsp3) is 0.182. The molecule has 0 atom stereocenters. The SMILES string of the molecule is CCS(=O)(=O)c1nn2c(-c3ccc(F)cc3)ccnc2c1-c1nc2cc(C(F)(F)F)ncc2n1C. The molecule has 0 N–H and O–H groups in total. The van der Waals surface area contributed by atoms with Crippen LogP contribution in [0.15, 0.2) is 53.8 Å². The summed E-state index contributed by atoms with van der Waals surface area (Å²) in [5.74, 6) is -0.660. The first-order valence-electron chi connectivity index (χ1n) is 10.3. The normalized spacial score (nSPS) is 12.6. The van der Waals surface area contributed by atoms with Gasteiger partial charge in [-0.05, 0) is 36.4 Å². The van der Waals surface area contributed by atoms with Crippen molar-refractivity contribution >= 4 is 26.5 Å². The molecule has 0 saturated heterocycles. The Balaban J connectivity index is 1.84. The van der Waals surface area contributed by atoms with Gasteiger partial charge in [-0.15, -0.1) is 0 Å². The van der Waals surface area contributed by atoms with Crippen LogP contribution in [0.4, 0.5) is 17.6 Å². The van der Waals surface area contributed by atoms with E-state index >= 15 is 0 Å². The highest BCUT2D eigenvalue weighted by Gasteiger charge is 2.34. The lowest BCUT2D eigenvalue weighted by molar-refractivity contribution is -0.141. The molecule has 0 spiro atoms. The van der Waals surface area contributed by atoms with Crippen molar-refractivity contribution in [2.75, 3.05) is 5.75 Å². The van der Waals surface area contributed by atoms with Crippen LogP contribution in [0, 0.1) is 5.82 Å². The van der Waals surface area contributed by atoms with Gasteiger partial charge in [0.25, 0.3) is 0 Å². The molecule has 4 aromatic heterocycles. The molecule has 5 aromatic rings. The van der Waals surface area contributed by atoms with Gasteiger partial charge in [0.05, 0.1) is 28.7 Å². The van der Waals surface area contributed by atoms with Crippen LogP contribution in [0.1, 0.15) is 12.6 Å². The minimum atomic E-state index is -4.67. The Bertz CT molecular complexity index is 1710. The van der Waals surface area contributed by atoms with Gasteiger partial charge in [0.1, 0.15) is 22.9 Å². The lowest BCUT2D eigenvalue weighted by Gasteiger charge is -2.06. The summed E-state index contributed by atoms with van der Waals surface area (Å²) in [6.45, 7) is 1.45. The molecule has 5 rings (SSSR count). The first-order chi connectivity index (χ1) is 16.5. The van der Waals surface area contributed by atoms with E-state index in [2.05, 4.69) is 20.1 Å². The van der Waals surface area contributed by atoms with Gasteiger partial charge in [-0.1, -0.05) is 6.92 Å². The molecular weight excluding hydrogens is 488 g/mol. The predicted octanol–water partition coefficient (Wildman–Crippen LogP) is 4.30. The van der Waals surface area contributed by atoms with Crippen LogP contribution in [0.2, 0.25) is 0 Å². The minimum Gasteiger partial charge on any atom is -0.326 e. The number of aryl methyl sites for hydroxylation is 1. The van der Waals surface area contributed by atoms with Gasteiger partial charge in [0.15, 0.2) is 20.5 Å². The Labute approximate surface area is 195 Å². The van der Waals surface area contributed by atoms with Crippen molar-refractivity contribution in [1.82, 2.24) is 29.1 Å². The van der Waals surface area contributed by atoms with Crippen LogP contribution in [-0.2, 0) is 23.1 Å². The summed E-state index contributed by atoms with van der Waals surface area (Å²) >= 11 is 0. The van der Waals surface area contributed by atoms with E-state index in [0.717, 1.165) is 12.3 Å². The number of fused-ring (bicyclic) bond motifs is 2. The average molecular weight is 504 g/mol. The zero-order chi connectivity index (χ0) is 25.1. The molecule has 180 valence electrons. The van der Waals surface area contributed by atoms with Crippen molar-refractivity contribution < 1.29 is 26.0 Å². The molecule has 0 unspecified atom stereocenters.